The number of nitrogens with zero attached hydrogens (tertiary/aromatic N) is 5. The van der Waals surface area contributed by atoms with Gasteiger partial charge in [-0.1, -0.05) is 30.3 Å². The van der Waals surface area contributed by atoms with Crippen molar-refractivity contribution in [2.45, 2.75) is 0 Å². The topological polar surface area (TPSA) is 117 Å². The molecule has 0 aliphatic rings. The minimum Gasteiger partial charge on any atom is -0.366 e. The molecule has 0 radical (unpaired) electrons. The second kappa shape index (κ2) is 11.0. The molecule has 0 spiro atoms. The molecule has 2 aromatic carbocycles. The van der Waals surface area contributed by atoms with Crippen LogP contribution in [0.25, 0.3) is 0 Å². The third-order valence-corrected chi connectivity index (χ3v) is 4.19. The van der Waals surface area contributed by atoms with Crippen LogP contribution in [0, 0.1) is 10.1 Å². The first-order valence-electron chi connectivity index (χ1n) is 8.31. The Hall–Kier alpha value is -3.18. The molecule has 29 heavy (non-hydrogen) atoms. The highest BCUT2D eigenvalue weighted by atomic mass is 32.1. The average molecular weight is 430 g/mol. The molecular weight excluding hydrogens is 410 g/mol. The molecule has 0 unspecified atom stereocenters. The summed E-state index contributed by atoms with van der Waals surface area (Å²) >= 11 is 8.34. The Morgan fingerprint density at radius 2 is 1.24 bits per heavy atom. The van der Waals surface area contributed by atoms with E-state index in [0.29, 0.717) is 22.2 Å². The summed E-state index contributed by atoms with van der Waals surface area (Å²) in [5, 5.41) is 33.7. The summed E-state index contributed by atoms with van der Waals surface area (Å²) in [6.45, 7) is 0. The molecule has 150 valence electrons. The fourth-order valence-corrected chi connectivity index (χ4v) is 2.20. The second-order valence-corrected chi connectivity index (χ2v) is 6.26. The molecule has 0 fully saturated rings. The standard InChI is InChI=1S/C18H19N7O2S2/c1-19-17(28)23-21-15(12-6-4-3-5-7-12)16(22-24-18(29)20-2)13-8-10-14(11-9-13)25(26)27/h3-11H,1-2H3,(H2,19,23,28)(H2,20,24,29)/b21-15+,22-16+. The lowest BCUT2D eigenvalue weighted by Crippen LogP contribution is -2.19. The average Bonchev–Trinajstić information content (AvgIpc) is 2.76. The number of hydrogen-bond donors (Lipinski definition) is 4. The first-order valence-corrected chi connectivity index (χ1v) is 9.21. The molecular formula is C18H19N7O2S2. The molecule has 2 N–H and O–H groups in total. The Morgan fingerprint density at radius 3 is 1.66 bits per heavy atom. The van der Waals surface area contributed by atoms with Gasteiger partial charge in [-0.15, -0.1) is 45.7 Å². The zero-order chi connectivity index (χ0) is 21.2. The number of non-ortho nitro benzene ring substituents is 1. The predicted molar refractivity (Wildman–Crippen MR) is 124 cm³/mol. The minimum absolute atomic E-state index is 0.0363. The summed E-state index contributed by atoms with van der Waals surface area (Å²) < 4.78 is 0. The summed E-state index contributed by atoms with van der Waals surface area (Å²) in [6.07, 6.45) is 0. The summed E-state index contributed by atoms with van der Waals surface area (Å²) in [5.74, 6) is 0. The number of thiol groups is 2. The van der Waals surface area contributed by atoms with Gasteiger partial charge in [0.25, 0.3) is 5.69 Å². The van der Waals surface area contributed by atoms with Crippen LogP contribution >= 0.6 is 25.3 Å². The molecule has 0 saturated heterocycles. The van der Waals surface area contributed by atoms with Crippen molar-refractivity contribution in [3.05, 3.63) is 75.8 Å². The molecule has 0 aliphatic heterocycles. The van der Waals surface area contributed by atoms with E-state index < -0.39 is 4.92 Å². The summed E-state index contributed by atoms with van der Waals surface area (Å²) in [7, 11) is 3.32. The fraction of sp³-hybridized carbons (Fsp3) is 0.111. The van der Waals surface area contributed by atoms with E-state index in [1.807, 2.05) is 30.3 Å². The number of rotatable bonds is 6. The minimum atomic E-state index is -0.470. The number of nitrogens with one attached hydrogen (secondary N) is 2. The van der Waals surface area contributed by atoms with Gasteiger partial charge in [-0.05, 0) is 12.1 Å². The number of benzene rings is 2. The van der Waals surface area contributed by atoms with Crippen molar-refractivity contribution < 1.29 is 4.92 Å². The van der Waals surface area contributed by atoms with Gasteiger partial charge >= 0.3 is 0 Å². The van der Waals surface area contributed by atoms with E-state index in [1.54, 1.807) is 26.2 Å². The molecule has 0 aliphatic carbocycles. The second-order valence-electron chi connectivity index (χ2n) is 5.41. The predicted octanol–water partition coefficient (Wildman–Crippen LogP) is 2.71. The van der Waals surface area contributed by atoms with Crippen LogP contribution in [0.2, 0.25) is 0 Å². The van der Waals surface area contributed by atoms with Crippen molar-refractivity contribution in [1.29, 1.82) is 0 Å². The molecule has 0 aromatic heterocycles. The van der Waals surface area contributed by atoms with Crippen LogP contribution in [0.1, 0.15) is 11.1 Å². The maximum Gasteiger partial charge on any atom is 0.269 e. The zero-order valence-corrected chi connectivity index (χ0v) is 17.4. The maximum atomic E-state index is 11.0. The molecule has 0 atom stereocenters. The Balaban J connectivity index is 2.68. The van der Waals surface area contributed by atoms with Gasteiger partial charge in [-0.25, -0.2) is 0 Å². The van der Waals surface area contributed by atoms with Crippen LogP contribution in [0.15, 0.2) is 75.0 Å². The summed E-state index contributed by atoms with van der Waals surface area (Å²) in [5.41, 5.74) is 2.02. The van der Waals surface area contributed by atoms with Gasteiger partial charge in [-0.2, -0.15) is 0 Å². The van der Waals surface area contributed by atoms with Crippen molar-refractivity contribution >= 4 is 52.7 Å². The third kappa shape index (κ3) is 6.43. The van der Waals surface area contributed by atoms with Crippen molar-refractivity contribution in [3.63, 3.8) is 0 Å². The van der Waals surface area contributed by atoms with Crippen LogP contribution in [0.4, 0.5) is 5.69 Å². The summed E-state index contributed by atoms with van der Waals surface area (Å²) in [4.78, 5) is 10.5. The van der Waals surface area contributed by atoms with E-state index in [2.05, 4.69) is 56.3 Å². The number of nitro benzene ring substituents is 1. The van der Waals surface area contributed by atoms with Gasteiger partial charge < -0.3 is 10.6 Å². The lowest BCUT2D eigenvalue weighted by molar-refractivity contribution is -0.384. The lowest BCUT2D eigenvalue weighted by atomic mass is 10.00. The van der Waals surface area contributed by atoms with Gasteiger partial charge in [0.2, 0.25) is 0 Å². The number of hydrogen-bond acceptors (Lipinski definition) is 6. The van der Waals surface area contributed by atoms with Crippen LogP contribution in [0.3, 0.4) is 0 Å². The normalized spacial score (nSPS) is 13.2. The lowest BCUT2D eigenvalue weighted by Gasteiger charge is -2.09. The SMILES string of the molecule is CN/C(S)=N/N=C(/C(=N/N=C(\S)NC)c1ccc([N+](=O)[O-])cc1)c1ccccc1. The molecule has 9 nitrogen and oxygen atoms in total. The Bertz CT molecular complexity index is 971. The largest absolute Gasteiger partial charge is 0.366 e. The molecule has 2 rings (SSSR count). The molecule has 0 heterocycles. The van der Waals surface area contributed by atoms with E-state index in [1.165, 1.54) is 12.1 Å². The molecule has 0 bridgehead atoms. The summed E-state index contributed by atoms with van der Waals surface area (Å²) in [6, 6.07) is 15.2. The molecule has 11 heteroatoms. The van der Waals surface area contributed by atoms with Crippen LogP contribution in [-0.4, -0.2) is 40.8 Å². The van der Waals surface area contributed by atoms with E-state index in [-0.39, 0.29) is 10.9 Å². The van der Waals surface area contributed by atoms with Crippen molar-refractivity contribution in [2.24, 2.45) is 20.4 Å². The monoisotopic (exact) mass is 429 g/mol. The van der Waals surface area contributed by atoms with Crippen LogP contribution < -0.4 is 10.6 Å². The third-order valence-electron chi connectivity index (χ3n) is 3.56. The molecule has 0 amide bonds. The van der Waals surface area contributed by atoms with E-state index >= 15 is 0 Å². The smallest absolute Gasteiger partial charge is 0.269 e. The molecule has 2 aromatic rings. The highest BCUT2D eigenvalue weighted by molar-refractivity contribution is 7.97. The zero-order valence-electron chi connectivity index (χ0n) is 15.6. The van der Waals surface area contributed by atoms with Gasteiger partial charge in [0.1, 0.15) is 11.4 Å². The van der Waals surface area contributed by atoms with Gasteiger partial charge in [0, 0.05) is 37.4 Å². The Labute approximate surface area is 178 Å². The van der Waals surface area contributed by atoms with Crippen molar-refractivity contribution in [3.8, 4) is 0 Å². The number of nitro groups is 1. The number of amidine groups is 2. The quantitative estimate of drug-likeness (QED) is 0.186. The first kappa shape index (κ1) is 22.1. The van der Waals surface area contributed by atoms with Gasteiger partial charge in [0.15, 0.2) is 10.3 Å². The van der Waals surface area contributed by atoms with Crippen LogP contribution in [-0.2, 0) is 0 Å². The highest BCUT2D eigenvalue weighted by Gasteiger charge is 2.17. The van der Waals surface area contributed by atoms with Gasteiger partial charge in [0.05, 0.1) is 4.92 Å². The Morgan fingerprint density at radius 1 is 0.793 bits per heavy atom. The maximum absolute atomic E-state index is 11.0. The first-order chi connectivity index (χ1) is 14.0. The molecule has 0 saturated carbocycles. The van der Waals surface area contributed by atoms with Crippen molar-refractivity contribution in [2.75, 3.05) is 14.1 Å². The van der Waals surface area contributed by atoms with Crippen molar-refractivity contribution in [1.82, 2.24) is 10.6 Å². The fourth-order valence-electron chi connectivity index (χ4n) is 2.12. The van der Waals surface area contributed by atoms with E-state index in [0.717, 1.165) is 5.56 Å². The Kier molecular flexibility index (Phi) is 8.37. The highest BCUT2D eigenvalue weighted by Crippen LogP contribution is 2.16. The van der Waals surface area contributed by atoms with E-state index in [4.69, 9.17) is 0 Å². The van der Waals surface area contributed by atoms with Gasteiger partial charge in [-0.3, -0.25) is 10.1 Å². The van der Waals surface area contributed by atoms with E-state index in [9.17, 15) is 10.1 Å². The van der Waals surface area contributed by atoms with Crippen LogP contribution in [0.5, 0.6) is 0 Å².